The van der Waals surface area contributed by atoms with Crippen LogP contribution in [0.25, 0.3) is 5.69 Å². The molecule has 1 aromatic carbocycles. The quantitative estimate of drug-likeness (QED) is 0.849. The average molecular weight is 273 g/mol. The average Bonchev–Trinajstić information content (AvgIpc) is 2.72. The summed E-state index contributed by atoms with van der Waals surface area (Å²) in [5.41, 5.74) is 3.39. The number of carbonyl (C=O) groups excluding carboxylic acids is 1. The smallest absolute Gasteiger partial charge is 0.341 e. The molecule has 0 aliphatic rings. The third kappa shape index (κ3) is 2.71. The lowest BCUT2D eigenvalue weighted by Gasteiger charge is -2.10. The van der Waals surface area contributed by atoms with Crippen molar-refractivity contribution in [2.75, 3.05) is 6.61 Å². The van der Waals surface area contributed by atoms with Gasteiger partial charge in [-0.05, 0) is 44.2 Å². The lowest BCUT2D eigenvalue weighted by atomic mass is 10.2. The first-order valence-corrected chi connectivity index (χ1v) is 6.12. The second kappa shape index (κ2) is 5.61. The molecule has 0 atom stereocenters. The monoisotopic (exact) mass is 273 g/mol. The Balaban J connectivity index is 2.28. The number of aromatic nitrogens is 1. The van der Waals surface area contributed by atoms with Crippen LogP contribution in [0.5, 0.6) is 5.75 Å². The van der Waals surface area contributed by atoms with E-state index in [4.69, 9.17) is 9.84 Å². The highest BCUT2D eigenvalue weighted by Crippen LogP contribution is 2.21. The number of rotatable bonds is 5. The van der Waals surface area contributed by atoms with Crippen LogP contribution in [0.1, 0.15) is 21.7 Å². The number of hydrogen-bond donors (Lipinski definition) is 1. The molecule has 2 rings (SSSR count). The molecule has 1 N–H and O–H groups in total. The van der Waals surface area contributed by atoms with Crippen molar-refractivity contribution in [2.24, 2.45) is 0 Å². The molecule has 1 aromatic heterocycles. The van der Waals surface area contributed by atoms with E-state index in [1.807, 2.05) is 36.6 Å². The molecule has 0 saturated carbocycles. The van der Waals surface area contributed by atoms with Crippen molar-refractivity contribution >= 4 is 12.3 Å². The van der Waals surface area contributed by atoms with Crippen LogP contribution in [0.2, 0.25) is 0 Å². The third-order valence-electron chi connectivity index (χ3n) is 3.05. The summed E-state index contributed by atoms with van der Waals surface area (Å²) in [5.74, 6) is -0.518. The fourth-order valence-corrected chi connectivity index (χ4v) is 2.14. The molecule has 5 heteroatoms. The lowest BCUT2D eigenvalue weighted by Crippen LogP contribution is -2.09. The number of aryl methyl sites for hydroxylation is 1. The van der Waals surface area contributed by atoms with Gasteiger partial charge in [0.15, 0.2) is 12.9 Å². The fourth-order valence-electron chi connectivity index (χ4n) is 2.14. The van der Waals surface area contributed by atoms with Gasteiger partial charge in [-0.25, -0.2) is 4.79 Å². The summed E-state index contributed by atoms with van der Waals surface area (Å²) in [6.07, 6.45) is 0.836. The van der Waals surface area contributed by atoms with Crippen LogP contribution < -0.4 is 4.74 Å². The molecule has 0 aliphatic heterocycles. The zero-order valence-corrected chi connectivity index (χ0v) is 11.3. The van der Waals surface area contributed by atoms with Crippen molar-refractivity contribution in [2.45, 2.75) is 13.8 Å². The van der Waals surface area contributed by atoms with Crippen LogP contribution in [-0.2, 0) is 4.79 Å². The molecule has 0 radical (unpaired) electrons. The van der Waals surface area contributed by atoms with E-state index in [9.17, 15) is 9.59 Å². The highest BCUT2D eigenvalue weighted by molar-refractivity contribution is 5.77. The summed E-state index contributed by atoms with van der Waals surface area (Å²) in [7, 11) is 0. The number of aliphatic carboxylic acids is 1. The molecule has 0 spiro atoms. The Bertz CT molecular complexity index is 641. The Labute approximate surface area is 116 Å². The maximum Gasteiger partial charge on any atom is 0.341 e. The zero-order valence-electron chi connectivity index (χ0n) is 11.3. The summed E-state index contributed by atoms with van der Waals surface area (Å²) in [6.45, 7) is 3.44. The summed E-state index contributed by atoms with van der Waals surface area (Å²) in [4.78, 5) is 21.4. The van der Waals surface area contributed by atoms with E-state index in [0.717, 1.165) is 23.4 Å². The van der Waals surface area contributed by atoms with Crippen molar-refractivity contribution < 1.29 is 19.4 Å². The SMILES string of the molecule is Cc1cc(C=O)c(C)n1-c1ccc(OCC(=O)O)cc1. The van der Waals surface area contributed by atoms with E-state index in [0.29, 0.717) is 11.3 Å². The minimum atomic E-state index is -1.01. The lowest BCUT2D eigenvalue weighted by molar-refractivity contribution is -0.139. The molecular formula is C15H15NO4. The normalized spacial score (nSPS) is 10.3. The topological polar surface area (TPSA) is 68.5 Å². The Morgan fingerprint density at radius 3 is 2.45 bits per heavy atom. The van der Waals surface area contributed by atoms with Gasteiger partial charge in [-0.15, -0.1) is 0 Å². The van der Waals surface area contributed by atoms with Gasteiger partial charge in [-0.3, -0.25) is 4.79 Å². The Morgan fingerprint density at radius 1 is 1.30 bits per heavy atom. The van der Waals surface area contributed by atoms with Gasteiger partial charge in [0.05, 0.1) is 0 Å². The number of ether oxygens (including phenoxy) is 1. The van der Waals surface area contributed by atoms with Gasteiger partial charge in [0, 0.05) is 22.6 Å². The summed E-state index contributed by atoms with van der Waals surface area (Å²) < 4.78 is 7.04. The first-order valence-electron chi connectivity index (χ1n) is 6.12. The van der Waals surface area contributed by atoms with Crippen LogP contribution in [0.3, 0.4) is 0 Å². The van der Waals surface area contributed by atoms with Gasteiger partial charge in [-0.2, -0.15) is 0 Å². The minimum absolute atomic E-state index is 0.365. The molecule has 0 saturated heterocycles. The molecule has 1 heterocycles. The maximum absolute atomic E-state index is 10.9. The number of carbonyl (C=O) groups is 2. The first kappa shape index (κ1) is 13.9. The molecular weight excluding hydrogens is 258 g/mol. The van der Waals surface area contributed by atoms with Crippen molar-refractivity contribution in [3.63, 3.8) is 0 Å². The first-order chi connectivity index (χ1) is 9.52. The molecule has 2 aromatic rings. The van der Waals surface area contributed by atoms with Crippen molar-refractivity contribution in [1.82, 2.24) is 4.57 Å². The predicted molar refractivity (Wildman–Crippen MR) is 73.8 cm³/mol. The number of nitrogens with zero attached hydrogens (tertiary/aromatic N) is 1. The number of aldehydes is 1. The van der Waals surface area contributed by atoms with Gasteiger partial charge in [-0.1, -0.05) is 0 Å². The minimum Gasteiger partial charge on any atom is -0.482 e. The maximum atomic E-state index is 10.9. The van der Waals surface area contributed by atoms with E-state index in [-0.39, 0.29) is 6.61 Å². The standard InChI is InChI=1S/C15H15NO4/c1-10-7-12(8-17)11(2)16(10)13-3-5-14(6-4-13)20-9-15(18)19/h3-8H,9H2,1-2H3,(H,18,19). The second-order valence-corrected chi connectivity index (χ2v) is 4.46. The molecule has 20 heavy (non-hydrogen) atoms. The van der Waals surface area contributed by atoms with E-state index in [1.54, 1.807) is 12.1 Å². The molecule has 0 bridgehead atoms. The number of carboxylic acids is 1. The Kier molecular flexibility index (Phi) is 3.89. The van der Waals surface area contributed by atoms with E-state index in [1.165, 1.54) is 0 Å². The van der Waals surface area contributed by atoms with Gasteiger partial charge in [0.1, 0.15) is 5.75 Å². The van der Waals surface area contributed by atoms with Crippen LogP contribution >= 0.6 is 0 Å². The predicted octanol–water partition coefficient (Wildman–Crippen LogP) is 2.37. The number of carboxylic acid groups (broad SMARTS) is 1. The van der Waals surface area contributed by atoms with Crippen molar-refractivity contribution in [3.8, 4) is 11.4 Å². The molecule has 104 valence electrons. The van der Waals surface area contributed by atoms with Gasteiger partial charge in [0.25, 0.3) is 0 Å². The zero-order chi connectivity index (χ0) is 14.7. The third-order valence-corrected chi connectivity index (χ3v) is 3.05. The molecule has 5 nitrogen and oxygen atoms in total. The van der Waals surface area contributed by atoms with Gasteiger partial charge >= 0.3 is 5.97 Å². The van der Waals surface area contributed by atoms with E-state index >= 15 is 0 Å². The summed E-state index contributed by atoms with van der Waals surface area (Å²) in [5, 5.41) is 8.55. The Hall–Kier alpha value is -2.56. The Morgan fingerprint density at radius 2 is 1.95 bits per heavy atom. The largest absolute Gasteiger partial charge is 0.482 e. The highest BCUT2D eigenvalue weighted by atomic mass is 16.5. The van der Waals surface area contributed by atoms with Crippen molar-refractivity contribution in [1.29, 1.82) is 0 Å². The van der Waals surface area contributed by atoms with Gasteiger partial charge < -0.3 is 14.4 Å². The molecule has 0 fully saturated rings. The molecule has 0 unspecified atom stereocenters. The molecule has 0 amide bonds. The van der Waals surface area contributed by atoms with Gasteiger partial charge in [0.2, 0.25) is 0 Å². The van der Waals surface area contributed by atoms with Crippen molar-refractivity contribution in [3.05, 3.63) is 47.3 Å². The fraction of sp³-hybridized carbons (Fsp3) is 0.200. The van der Waals surface area contributed by atoms with Crippen LogP contribution in [-0.4, -0.2) is 28.5 Å². The molecule has 0 aliphatic carbocycles. The van der Waals surface area contributed by atoms with E-state index < -0.39 is 5.97 Å². The van der Waals surface area contributed by atoms with Crippen LogP contribution in [0.4, 0.5) is 0 Å². The highest BCUT2D eigenvalue weighted by Gasteiger charge is 2.10. The van der Waals surface area contributed by atoms with E-state index in [2.05, 4.69) is 0 Å². The van der Waals surface area contributed by atoms with Crippen LogP contribution in [0, 0.1) is 13.8 Å². The second-order valence-electron chi connectivity index (χ2n) is 4.46. The number of benzene rings is 1. The number of hydrogen-bond acceptors (Lipinski definition) is 3. The summed E-state index contributed by atoms with van der Waals surface area (Å²) >= 11 is 0. The van der Waals surface area contributed by atoms with Crippen LogP contribution in [0.15, 0.2) is 30.3 Å². The summed E-state index contributed by atoms with van der Waals surface area (Å²) in [6, 6.07) is 8.89.